The molecule has 180 valence electrons. The molecule has 0 radical (unpaired) electrons. The van der Waals surface area contributed by atoms with Gasteiger partial charge in [0.25, 0.3) is 0 Å². The minimum absolute atomic E-state index is 0.0748. The summed E-state index contributed by atoms with van der Waals surface area (Å²) in [5.74, 6) is 0.818. The molecule has 0 amide bonds. The number of carbonyl (C=O) groups excluding carboxylic acids is 1. The Morgan fingerprint density at radius 2 is 2.06 bits per heavy atom. The Labute approximate surface area is 192 Å². The van der Waals surface area contributed by atoms with Gasteiger partial charge < -0.3 is 30.2 Å². The Morgan fingerprint density at radius 3 is 2.73 bits per heavy atom. The van der Waals surface area contributed by atoms with Crippen LogP contribution in [0.3, 0.4) is 0 Å². The summed E-state index contributed by atoms with van der Waals surface area (Å²) in [5.41, 5.74) is 5.70. The molecule has 3 aliphatic rings. The van der Waals surface area contributed by atoms with Crippen molar-refractivity contribution in [3.63, 3.8) is 0 Å². The highest BCUT2D eigenvalue weighted by molar-refractivity contribution is 5.65. The average molecular weight is 461 g/mol. The van der Waals surface area contributed by atoms with Gasteiger partial charge in [-0.1, -0.05) is 20.8 Å². The third-order valence-electron chi connectivity index (χ3n) is 8.97. The SMILES string of the molecule is CC1(C)C2CC[C@@]1(C)[C@@H](OC(=O)OC[C@H]1O[C@@](C)(c3ccc4c(N)ncnn34)[C@H](O)[C@@H]1O)C2. The zero-order chi connectivity index (χ0) is 23.8. The molecule has 1 aliphatic heterocycles. The van der Waals surface area contributed by atoms with Crippen molar-refractivity contribution in [2.24, 2.45) is 16.7 Å². The lowest BCUT2D eigenvalue weighted by molar-refractivity contribution is -0.0994. The number of aliphatic hydroxyl groups is 2. The molecule has 10 heteroatoms. The monoisotopic (exact) mass is 460 g/mol. The van der Waals surface area contributed by atoms with Gasteiger partial charge in [-0.15, -0.1) is 0 Å². The molecule has 7 atom stereocenters. The highest BCUT2D eigenvalue weighted by atomic mass is 16.7. The number of nitrogens with zero attached hydrogens (tertiary/aromatic N) is 3. The van der Waals surface area contributed by atoms with E-state index in [1.165, 1.54) is 10.8 Å². The zero-order valence-corrected chi connectivity index (χ0v) is 19.4. The van der Waals surface area contributed by atoms with Crippen LogP contribution in [0.1, 0.15) is 52.7 Å². The van der Waals surface area contributed by atoms with E-state index in [0.717, 1.165) is 19.3 Å². The summed E-state index contributed by atoms with van der Waals surface area (Å²) in [6.45, 7) is 8.07. The van der Waals surface area contributed by atoms with Gasteiger partial charge in [-0.2, -0.15) is 5.10 Å². The van der Waals surface area contributed by atoms with Crippen LogP contribution in [-0.2, 0) is 19.8 Å². The molecule has 3 fully saturated rings. The molecule has 1 saturated heterocycles. The Morgan fingerprint density at radius 1 is 1.30 bits per heavy atom. The van der Waals surface area contributed by atoms with Gasteiger partial charge in [0.2, 0.25) is 0 Å². The number of hydrogen-bond donors (Lipinski definition) is 3. The second-order valence-corrected chi connectivity index (χ2v) is 10.6. The number of nitrogens with two attached hydrogens (primary N) is 1. The topological polar surface area (TPSA) is 141 Å². The Hall–Kier alpha value is -2.43. The minimum Gasteiger partial charge on any atom is -0.431 e. The second-order valence-electron chi connectivity index (χ2n) is 10.6. The fourth-order valence-corrected chi connectivity index (χ4v) is 6.27. The third kappa shape index (κ3) is 3.07. The standard InChI is InChI=1S/C23H32N4O6/c1-21(2)12-7-8-22(21,3)16(9-12)32-20(30)31-10-14-17(28)18(29)23(4,33-14)15-6-5-13-19(24)25-11-26-27(13)15/h5-6,11-12,14,16-18,28-29H,7-10H2,1-4H3,(H2,24,25,26)/t12?,14-,16+,17-,18-,22+,23+/m1/s1. The van der Waals surface area contributed by atoms with Crippen molar-refractivity contribution in [2.75, 3.05) is 12.3 Å². The predicted molar refractivity (Wildman–Crippen MR) is 117 cm³/mol. The van der Waals surface area contributed by atoms with E-state index in [2.05, 4.69) is 30.9 Å². The van der Waals surface area contributed by atoms with Crippen LogP contribution in [0.25, 0.3) is 5.52 Å². The maximum atomic E-state index is 12.5. The van der Waals surface area contributed by atoms with Gasteiger partial charge in [0.15, 0.2) is 5.82 Å². The zero-order valence-electron chi connectivity index (χ0n) is 19.4. The molecule has 2 aromatic heterocycles. The third-order valence-corrected chi connectivity index (χ3v) is 8.97. The second kappa shape index (κ2) is 7.28. The summed E-state index contributed by atoms with van der Waals surface area (Å²) >= 11 is 0. The van der Waals surface area contributed by atoms with Crippen molar-refractivity contribution in [1.82, 2.24) is 14.6 Å². The number of carbonyl (C=O) groups is 1. The first kappa shape index (κ1) is 22.4. The largest absolute Gasteiger partial charge is 0.508 e. The molecule has 1 unspecified atom stereocenters. The maximum Gasteiger partial charge on any atom is 0.508 e. The van der Waals surface area contributed by atoms with E-state index < -0.39 is 30.1 Å². The number of fused-ring (bicyclic) bond motifs is 3. The lowest BCUT2D eigenvalue weighted by Gasteiger charge is -2.38. The molecular formula is C23H32N4O6. The van der Waals surface area contributed by atoms with Crippen molar-refractivity contribution in [3.05, 3.63) is 24.2 Å². The smallest absolute Gasteiger partial charge is 0.431 e. The van der Waals surface area contributed by atoms with E-state index in [9.17, 15) is 15.0 Å². The van der Waals surface area contributed by atoms with Crippen LogP contribution >= 0.6 is 0 Å². The van der Waals surface area contributed by atoms with E-state index in [1.54, 1.807) is 19.1 Å². The van der Waals surface area contributed by atoms with Crippen LogP contribution in [0.5, 0.6) is 0 Å². The van der Waals surface area contributed by atoms with Gasteiger partial charge >= 0.3 is 6.16 Å². The fraction of sp³-hybridized carbons (Fsp3) is 0.696. The molecule has 3 heterocycles. The summed E-state index contributed by atoms with van der Waals surface area (Å²) in [6, 6.07) is 3.43. The van der Waals surface area contributed by atoms with Gasteiger partial charge in [0.05, 0.1) is 5.69 Å². The first-order valence-electron chi connectivity index (χ1n) is 11.4. The van der Waals surface area contributed by atoms with Crippen LogP contribution in [0, 0.1) is 16.7 Å². The quantitative estimate of drug-likeness (QED) is 0.584. The highest BCUT2D eigenvalue weighted by Gasteiger charge is 2.63. The number of rotatable bonds is 4. The van der Waals surface area contributed by atoms with E-state index in [4.69, 9.17) is 19.9 Å². The summed E-state index contributed by atoms with van der Waals surface area (Å²) < 4.78 is 18.6. The van der Waals surface area contributed by atoms with E-state index >= 15 is 0 Å². The first-order chi connectivity index (χ1) is 15.5. The van der Waals surface area contributed by atoms with Gasteiger partial charge in [0, 0.05) is 5.41 Å². The molecule has 2 aromatic rings. The van der Waals surface area contributed by atoms with Crippen molar-refractivity contribution in [1.29, 1.82) is 0 Å². The van der Waals surface area contributed by atoms with Crippen LogP contribution in [0.4, 0.5) is 10.6 Å². The Bertz CT molecular complexity index is 1090. The highest BCUT2D eigenvalue weighted by Crippen LogP contribution is 2.66. The van der Waals surface area contributed by atoms with Crippen LogP contribution in [0.2, 0.25) is 0 Å². The number of anilines is 1. The molecule has 0 spiro atoms. The fourth-order valence-electron chi connectivity index (χ4n) is 6.27. The Balaban J connectivity index is 1.26. The predicted octanol–water partition coefficient (Wildman–Crippen LogP) is 2.02. The van der Waals surface area contributed by atoms with Gasteiger partial charge in [0.1, 0.15) is 48.5 Å². The lowest BCUT2D eigenvalue weighted by atomic mass is 9.70. The van der Waals surface area contributed by atoms with Crippen LogP contribution < -0.4 is 5.73 Å². The molecule has 2 aliphatic carbocycles. The van der Waals surface area contributed by atoms with Gasteiger partial charge in [-0.25, -0.2) is 14.3 Å². The number of ether oxygens (including phenoxy) is 3. The van der Waals surface area contributed by atoms with Crippen LogP contribution in [-0.4, -0.2) is 62.0 Å². The summed E-state index contributed by atoms with van der Waals surface area (Å²) in [7, 11) is 0. The number of hydrogen-bond acceptors (Lipinski definition) is 9. The van der Waals surface area contributed by atoms with Crippen molar-refractivity contribution >= 4 is 17.5 Å². The first-order valence-corrected chi connectivity index (χ1v) is 11.4. The molecule has 0 aromatic carbocycles. The molecule has 10 nitrogen and oxygen atoms in total. The van der Waals surface area contributed by atoms with Crippen molar-refractivity contribution in [3.8, 4) is 0 Å². The van der Waals surface area contributed by atoms with Gasteiger partial charge in [-0.05, 0) is 49.7 Å². The molecule has 4 N–H and O–H groups in total. The van der Waals surface area contributed by atoms with E-state index in [-0.39, 0.29) is 29.4 Å². The molecule has 5 rings (SSSR count). The summed E-state index contributed by atoms with van der Waals surface area (Å²) in [6.07, 6.45) is -0.134. The average Bonchev–Trinajstić information content (AvgIpc) is 3.42. The number of nitrogen functional groups attached to an aromatic ring is 1. The van der Waals surface area contributed by atoms with Crippen LogP contribution in [0.15, 0.2) is 18.5 Å². The molecule has 2 saturated carbocycles. The summed E-state index contributed by atoms with van der Waals surface area (Å²) in [5, 5.41) is 25.6. The lowest BCUT2D eigenvalue weighted by Crippen LogP contribution is -2.40. The van der Waals surface area contributed by atoms with E-state index in [1.807, 2.05) is 0 Å². The Kier molecular flexibility index (Phi) is 4.94. The molecular weight excluding hydrogens is 428 g/mol. The number of aliphatic hydroxyl groups excluding tert-OH is 2. The molecule has 2 bridgehead atoms. The minimum atomic E-state index is -1.30. The van der Waals surface area contributed by atoms with E-state index in [0.29, 0.717) is 17.1 Å². The van der Waals surface area contributed by atoms with Gasteiger partial charge in [-0.3, -0.25) is 0 Å². The number of aromatic nitrogens is 3. The maximum absolute atomic E-state index is 12.5. The summed E-state index contributed by atoms with van der Waals surface area (Å²) in [4.78, 5) is 16.5. The molecule has 33 heavy (non-hydrogen) atoms. The van der Waals surface area contributed by atoms with Crippen molar-refractivity contribution < 1.29 is 29.2 Å². The normalized spacial score (nSPS) is 39.3. The van der Waals surface area contributed by atoms with Crippen molar-refractivity contribution in [2.45, 2.75) is 77.0 Å².